The van der Waals surface area contributed by atoms with Gasteiger partial charge in [-0.05, 0) is 48.6 Å². The molecule has 0 saturated heterocycles. The molecule has 0 spiro atoms. The van der Waals surface area contributed by atoms with Crippen molar-refractivity contribution in [1.82, 2.24) is 14.8 Å². The van der Waals surface area contributed by atoms with Crippen LogP contribution in [-0.2, 0) is 19.7 Å². The molecule has 190 valence electrons. The number of carbonyl (C=O) groups is 1. The minimum absolute atomic E-state index is 0.0568. The van der Waals surface area contributed by atoms with E-state index >= 15 is 0 Å². The Morgan fingerprint density at radius 1 is 1.25 bits per heavy atom. The maximum atomic E-state index is 14.4. The zero-order valence-electron chi connectivity index (χ0n) is 21.0. The minimum atomic E-state index is -1.21. The number of aromatic amines is 1. The van der Waals surface area contributed by atoms with E-state index in [-0.39, 0.29) is 11.7 Å². The number of benzene rings is 2. The number of nitrogens with one attached hydrogen (secondary N) is 1. The van der Waals surface area contributed by atoms with Gasteiger partial charge in [0.05, 0.1) is 30.9 Å². The number of carboxylic acid groups (broad SMARTS) is 1. The summed E-state index contributed by atoms with van der Waals surface area (Å²) in [5, 5.41) is 19.0. The van der Waals surface area contributed by atoms with Crippen LogP contribution in [0.2, 0.25) is 0 Å². The molecule has 1 fully saturated rings. The predicted molar refractivity (Wildman–Crippen MR) is 134 cm³/mol. The molecule has 0 bridgehead atoms. The molecule has 5 rings (SSSR count). The molecule has 0 aliphatic heterocycles. The van der Waals surface area contributed by atoms with Gasteiger partial charge in [-0.2, -0.15) is 5.10 Å². The zero-order valence-corrected chi connectivity index (χ0v) is 21.0. The number of ether oxygens (including phenoxy) is 3. The summed E-state index contributed by atoms with van der Waals surface area (Å²) in [7, 11) is 4.55. The molecule has 0 radical (unpaired) electrons. The fourth-order valence-corrected chi connectivity index (χ4v) is 5.68. The van der Waals surface area contributed by atoms with Gasteiger partial charge in [0.25, 0.3) is 0 Å². The van der Waals surface area contributed by atoms with Crippen LogP contribution >= 0.6 is 0 Å². The van der Waals surface area contributed by atoms with Crippen LogP contribution in [0, 0.1) is 5.82 Å². The Balaban J connectivity index is 1.85. The highest BCUT2D eigenvalue weighted by Crippen LogP contribution is 2.53. The van der Waals surface area contributed by atoms with E-state index in [1.807, 2.05) is 0 Å². The molecule has 36 heavy (non-hydrogen) atoms. The van der Waals surface area contributed by atoms with Crippen LogP contribution in [0.3, 0.4) is 0 Å². The van der Waals surface area contributed by atoms with Gasteiger partial charge in [-0.15, -0.1) is 0 Å². The average molecular weight is 496 g/mol. The van der Waals surface area contributed by atoms with Crippen molar-refractivity contribution in [2.75, 3.05) is 27.9 Å². The fraction of sp³-hybridized carbons (Fsp3) is 0.407. The Labute approximate surface area is 208 Å². The van der Waals surface area contributed by atoms with Gasteiger partial charge in [-0.25, -0.2) is 9.18 Å². The van der Waals surface area contributed by atoms with Gasteiger partial charge < -0.3 is 23.9 Å². The maximum absolute atomic E-state index is 14.4. The van der Waals surface area contributed by atoms with Crippen LogP contribution in [0.1, 0.15) is 43.9 Å². The average Bonchev–Trinajstić information content (AvgIpc) is 3.40. The van der Waals surface area contributed by atoms with Crippen LogP contribution in [0.5, 0.6) is 5.75 Å². The SMILES string of the molecule is COCC(C)(C)c1c(C2CC(OC)(C(=O)O)C2)c2cc3[nH]ncc3cc2n1-c1ccc(F)c(OC)c1. The molecule has 9 heteroatoms. The van der Waals surface area contributed by atoms with Gasteiger partial charge in [0, 0.05) is 47.9 Å². The predicted octanol–water partition coefficient (Wildman–Crippen LogP) is 4.93. The molecule has 2 heterocycles. The van der Waals surface area contributed by atoms with Crippen LogP contribution in [0.15, 0.2) is 36.5 Å². The second kappa shape index (κ2) is 8.60. The van der Waals surface area contributed by atoms with E-state index in [4.69, 9.17) is 14.2 Å². The molecular formula is C27H30FN3O5. The zero-order chi connectivity index (χ0) is 25.8. The first kappa shape index (κ1) is 24.3. The lowest BCUT2D eigenvalue weighted by Gasteiger charge is -2.44. The first-order valence-corrected chi connectivity index (χ1v) is 11.8. The number of hydrogen-bond donors (Lipinski definition) is 2. The molecule has 0 atom stereocenters. The molecule has 4 aromatic rings. The topological polar surface area (TPSA) is 98.6 Å². The van der Waals surface area contributed by atoms with Crippen LogP contribution < -0.4 is 4.74 Å². The monoisotopic (exact) mass is 495 g/mol. The van der Waals surface area contributed by atoms with E-state index in [2.05, 4.69) is 40.7 Å². The van der Waals surface area contributed by atoms with Gasteiger partial charge in [0.1, 0.15) is 0 Å². The normalized spacial score (nSPS) is 20.1. The molecule has 1 saturated carbocycles. The number of rotatable bonds is 8. The third kappa shape index (κ3) is 3.57. The first-order valence-electron chi connectivity index (χ1n) is 11.8. The lowest BCUT2D eigenvalue weighted by Crippen LogP contribution is -2.51. The van der Waals surface area contributed by atoms with Gasteiger partial charge in [-0.3, -0.25) is 5.10 Å². The summed E-state index contributed by atoms with van der Waals surface area (Å²) in [5.74, 6) is -1.32. The Bertz CT molecular complexity index is 1470. The number of hydrogen-bond acceptors (Lipinski definition) is 5. The number of nitrogens with zero attached hydrogens (tertiary/aromatic N) is 2. The van der Waals surface area contributed by atoms with Crippen LogP contribution in [0.25, 0.3) is 27.5 Å². The Hall–Kier alpha value is -3.43. The van der Waals surface area contributed by atoms with Crippen molar-refractivity contribution in [1.29, 1.82) is 0 Å². The van der Waals surface area contributed by atoms with E-state index in [1.54, 1.807) is 25.4 Å². The van der Waals surface area contributed by atoms with E-state index in [1.165, 1.54) is 20.3 Å². The van der Waals surface area contributed by atoms with E-state index in [0.29, 0.717) is 19.4 Å². The van der Waals surface area contributed by atoms with Crippen molar-refractivity contribution < 1.29 is 28.5 Å². The third-order valence-corrected chi connectivity index (χ3v) is 7.45. The molecule has 2 aromatic carbocycles. The Morgan fingerprint density at radius 3 is 2.64 bits per heavy atom. The van der Waals surface area contributed by atoms with Crippen molar-refractivity contribution in [3.05, 3.63) is 53.6 Å². The molecule has 0 amide bonds. The summed E-state index contributed by atoms with van der Waals surface area (Å²) < 4.78 is 32.9. The van der Waals surface area contributed by atoms with Crippen molar-refractivity contribution >= 4 is 27.8 Å². The summed E-state index contributed by atoms with van der Waals surface area (Å²) in [5.41, 5.74) is 2.88. The largest absolute Gasteiger partial charge is 0.494 e. The van der Waals surface area contributed by atoms with Gasteiger partial charge in [-0.1, -0.05) is 13.8 Å². The minimum Gasteiger partial charge on any atom is -0.494 e. The fourth-order valence-electron chi connectivity index (χ4n) is 5.68. The molecular weight excluding hydrogens is 465 g/mol. The van der Waals surface area contributed by atoms with E-state index in [9.17, 15) is 14.3 Å². The molecule has 2 N–H and O–H groups in total. The molecule has 1 aliphatic rings. The summed E-state index contributed by atoms with van der Waals surface area (Å²) in [6, 6.07) is 8.92. The molecule has 1 aliphatic carbocycles. The second-order valence-corrected chi connectivity index (χ2v) is 10.2. The summed E-state index contributed by atoms with van der Waals surface area (Å²) in [4.78, 5) is 12.0. The second-order valence-electron chi connectivity index (χ2n) is 10.2. The highest BCUT2D eigenvalue weighted by atomic mass is 19.1. The number of methoxy groups -OCH3 is 3. The van der Waals surface area contributed by atoms with E-state index in [0.717, 1.165) is 38.8 Å². The summed E-state index contributed by atoms with van der Waals surface area (Å²) in [6.45, 7) is 4.62. The highest BCUT2D eigenvalue weighted by Gasteiger charge is 2.53. The summed E-state index contributed by atoms with van der Waals surface area (Å²) >= 11 is 0. The van der Waals surface area contributed by atoms with Crippen LogP contribution in [0.4, 0.5) is 4.39 Å². The number of fused-ring (bicyclic) bond motifs is 2. The molecule has 0 unspecified atom stereocenters. The smallest absolute Gasteiger partial charge is 0.335 e. The standard InChI is InChI=1S/C27H30FN3O5/c1-26(2,14-34-3)24-23(16-11-27(12-16,36-5)25(32)33)18-10-20-15(13-29-30-20)8-21(18)31(24)17-6-7-19(28)22(9-17)35-4/h6-10,13,16H,11-12,14H2,1-5H3,(H,29,30)(H,32,33). The van der Waals surface area contributed by atoms with Crippen molar-refractivity contribution in [2.45, 2.75) is 43.6 Å². The van der Waals surface area contributed by atoms with Crippen molar-refractivity contribution in [3.63, 3.8) is 0 Å². The number of halogens is 1. The molecule has 2 aromatic heterocycles. The Morgan fingerprint density at radius 2 is 2.00 bits per heavy atom. The number of H-pyrrole nitrogens is 1. The van der Waals surface area contributed by atoms with Crippen molar-refractivity contribution in [3.8, 4) is 11.4 Å². The van der Waals surface area contributed by atoms with Gasteiger partial charge in [0.15, 0.2) is 17.2 Å². The quantitative estimate of drug-likeness (QED) is 0.360. The van der Waals surface area contributed by atoms with E-state index < -0.39 is 22.8 Å². The number of aromatic nitrogens is 3. The lowest BCUT2D eigenvalue weighted by atomic mass is 9.65. The number of carboxylic acids is 1. The Kier molecular flexibility index (Phi) is 5.80. The van der Waals surface area contributed by atoms with Gasteiger partial charge in [0.2, 0.25) is 0 Å². The summed E-state index contributed by atoms with van der Waals surface area (Å²) in [6.07, 6.45) is 2.46. The first-order chi connectivity index (χ1) is 17.2. The lowest BCUT2D eigenvalue weighted by molar-refractivity contribution is -0.175. The van der Waals surface area contributed by atoms with Gasteiger partial charge >= 0.3 is 5.97 Å². The van der Waals surface area contributed by atoms with Crippen molar-refractivity contribution in [2.24, 2.45) is 0 Å². The highest BCUT2D eigenvalue weighted by molar-refractivity contribution is 5.99. The maximum Gasteiger partial charge on any atom is 0.335 e. The molecule has 8 nitrogen and oxygen atoms in total. The third-order valence-electron chi connectivity index (χ3n) is 7.45. The number of aliphatic carboxylic acids is 1. The van der Waals surface area contributed by atoms with Crippen LogP contribution in [-0.4, -0.2) is 59.4 Å².